The topological polar surface area (TPSA) is 40.7 Å². The predicted octanol–water partition coefficient (Wildman–Crippen LogP) is 4.89. The van der Waals surface area contributed by atoms with Crippen LogP contribution in [0, 0.1) is 5.92 Å². The number of benzene rings is 1. The molecule has 2 aromatic rings. The summed E-state index contributed by atoms with van der Waals surface area (Å²) in [6.07, 6.45) is 9.31. The number of hydrogen-bond donors (Lipinski definition) is 2. The molecule has 0 spiro atoms. The van der Waals surface area contributed by atoms with Crippen molar-refractivity contribution in [2.75, 3.05) is 11.9 Å². The van der Waals surface area contributed by atoms with Crippen LogP contribution in [0.3, 0.4) is 0 Å². The Bertz CT molecular complexity index is 624. The van der Waals surface area contributed by atoms with E-state index in [9.17, 15) is 0 Å². The first kappa shape index (κ1) is 16.4. The lowest BCUT2D eigenvalue weighted by Gasteiger charge is -2.10. The van der Waals surface area contributed by atoms with Gasteiger partial charge in [-0.05, 0) is 44.2 Å². The molecule has 0 saturated carbocycles. The summed E-state index contributed by atoms with van der Waals surface area (Å²) in [5, 5.41) is 3.27. The standard InChI is InChI=1S/C18H23N3S/c1-3-5-8-14(4-2)11-12-15(22)13-19-18-20-16-9-6-7-10-17(16)21-18/h3-7,9-10,14H,2,8,11-13H2,1H3,(H2,19,20,21)/b5-3-. The molecule has 2 rings (SSSR count). The Labute approximate surface area is 137 Å². The molecule has 1 heterocycles. The van der Waals surface area contributed by atoms with Crippen molar-refractivity contribution in [2.45, 2.75) is 26.2 Å². The normalized spacial score (nSPS) is 12.6. The maximum Gasteiger partial charge on any atom is 0.201 e. The fourth-order valence-corrected chi connectivity index (χ4v) is 2.49. The number of nitrogens with one attached hydrogen (secondary N) is 2. The van der Waals surface area contributed by atoms with Gasteiger partial charge in [0.15, 0.2) is 0 Å². The van der Waals surface area contributed by atoms with E-state index in [0.29, 0.717) is 12.5 Å². The van der Waals surface area contributed by atoms with Crippen molar-refractivity contribution in [3.63, 3.8) is 0 Å². The first-order chi connectivity index (χ1) is 10.7. The van der Waals surface area contributed by atoms with E-state index in [-0.39, 0.29) is 0 Å². The monoisotopic (exact) mass is 313 g/mol. The molecule has 0 saturated heterocycles. The lowest BCUT2D eigenvalue weighted by molar-refractivity contribution is 0.618. The Morgan fingerprint density at radius 1 is 1.45 bits per heavy atom. The van der Waals surface area contributed by atoms with Gasteiger partial charge in [0.05, 0.1) is 11.0 Å². The second-order valence-corrected chi connectivity index (χ2v) is 5.91. The number of nitrogens with zero attached hydrogens (tertiary/aromatic N) is 1. The number of aromatic nitrogens is 2. The summed E-state index contributed by atoms with van der Waals surface area (Å²) in [6.45, 7) is 6.61. The van der Waals surface area contributed by atoms with Crippen LogP contribution in [0.5, 0.6) is 0 Å². The molecule has 1 aromatic carbocycles. The zero-order valence-electron chi connectivity index (χ0n) is 13.0. The van der Waals surface area contributed by atoms with Gasteiger partial charge < -0.3 is 10.3 Å². The van der Waals surface area contributed by atoms with Crippen LogP contribution in [0.25, 0.3) is 11.0 Å². The number of para-hydroxylation sites is 2. The molecule has 0 amide bonds. The van der Waals surface area contributed by atoms with Crippen LogP contribution >= 0.6 is 12.2 Å². The Kier molecular flexibility index (Phi) is 6.34. The second-order valence-electron chi connectivity index (χ2n) is 5.33. The lowest BCUT2D eigenvalue weighted by Crippen LogP contribution is -2.13. The van der Waals surface area contributed by atoms with Crippen molar-refractivity contribution >= 4 is 34.1 Å². The van der Waals surface area contributed by atoms with Gasteiger partial charge in [-0.1, -0.05) is 42.6 Å². The first-order valence-corrected chi connectivity index (χ1v) is 8.07. The smallest absolute Gasteiger partial charge is 0.201 e. The minimum absolute atomic E-state index is 0.500. The van der Waals surface area contributed by atoms with Crippen LogP contribution in [0.2, 0.25) is 0 Å². The number of rotatable bonds is 9. The minimum Gasteiger partial charge on any atom is -0.351 e. The molecule has 1 unspecified atom stereocenters. The van der Waals surface area contributed by atoms with Gasteiger partial charge in [0.25, 0.3) is 0 Å². The number of hydrogen-bond acceptors (Lipinski definition) is 3. The van der Waals surface area contributed by atoms with Crippen molar-refractivity contribution < 1.29 is 0 Å². The largest absolute Gasteiger partial charge is 0.351 e. The highest BCUT2D eigenvalue weighted by Gasteiger charge is 2.06. The van der Waals surface area contributed by atoms with Crippen LogP contribution < -0.4 is 5.32 Å². The maximum atomic E-state index is 5.46. The van der Waals surface area contributed by atoms with Crippen molar-refractivity contribution in [2.24, 2.45) is 5.92 Å². The number of fused-ring (bicyclic) bond motifs is 1. The summed E-state index contributed by atoms with van der Waals surface area (Å²) in [6, 6.07) is 7.99. The van der Waals surface area contributed by atoms with E-state index in [4.69, 9.17) is 12.2 Å². The Morgan fingerprint density at radius 2 is 2.27 bits per heavy atom. The van der Waals surface area contributed by atoms with E-state index in [1.807, 2.05) is 37.3 Å². The number of aromatic amines is 1. The quantitative estimate of drug-likeness (QED) is 0.511. The van der Waals surface area contributed by atoms with E-state index in [0.717, 1.165) is 41.1 Å². The molecule has 0 aliphatic rings. The Morgan fingerprint density at radius 3 is 3.00 bits per heavy atom. The minimum atomic E-state index is 0.500. The fourth-order valence-electron chi connectivity index (χ4n) is 2.30. The molecule has 0 fully saturated rings. The summed E-state index contributed by atoms with van der Waals surface area (Å²) >= 11 is 5.46. The molecule has 2 N–H and O–H groups in total. The highest BCUT2D eigenvalue weighted by atomic mass is 32.1. The number of thiocarbonyl (C=S) groups is 1. The predicted molar refractivity (Wildman–Crippen MR) is 99.5 cm³/mol. The average Bonchev–Trinajstić information content (AvgIpc) is 2.96. The summed E-state index contributed by atoms with van der Waals surface area (Å²) in [4.78, 5) is 8.75. The van der Waals surface area contributed by atoms with Gasteiger partial charge in [-0.15, -0.1) is 6.58 Å². The summed E-state index contributed by atoms with van der Waals surface area (Å²) in [5.41, 5.74) is 2.00. The van der Waals surface area contributed by atoms with Gasteiger partial charge >= 0.3 is 0 Å². The van der Waals surface area contributed by atoms with E-state index in [1.165, 1.54) is 0 Å². The number of allylic oxidation sites excluding steroid dienone is 3. The molecular weight excluding hydrogens is 290 g/mol. The molecule has 3 nitrogen and oxygen atoms in total. The van der Waals surface area contributed by atoms with Gasteiger partial charge in [-0.3, -0.25) is 0 Å². The van der Waals surface area contributed by atoms with Gasteiger partial charge in [0, 0.05) is 11.4 Å². The Balaban J connectivity index is 1.78. The highest BCUT2D eigenvalue weighted by Crippen LogP contribution is 2.15. The lowest BCUT2D eigenvalue weighted by atomic mass is 9.98. The third kappa shape index (κ3) is 4.81. The molecule has 116 valence electrons. The fraction of sp³-hybridized carbons (Fsp3) is 0.333. The number of imidazole rings is 1. The Hall–Kier alpha value is -1.94. The van der Waals surface area contributed by atoms with E-state index in [1.54, 1.807) is 0 Å². The van der Waals surface area contributed by atoms with Crippen molar-refractivity contribution in [3.8, 4) is 0 Å². The highest BCUT2D eigenvalue weighted by molar-refractivity contribution is 7.80. The molecule has 0 aliphatic carbocycles. The van der Waals surface area contributed by atoms with Crippen LogP contribution in [0.15, 0.2) is 49.1 Å². The van der Waals surface area contributed by atoms with Crippen LogP contribution in [-0.4, -0.2) is 21.4 Å². The van der Waals surface area contributed by atoms with Crippen LogP contribution in [0.1, 0.15) is 26.2 Å². The van der Waals surface area contributed by atoms with Gasteiger partial charge in [-0.25, -0.2) is 4.98 Å². The summed E-state index contributed by atoms with van der Waals surface area (Å²) < 4.78 is 0. The third-order valence-corrected chi connectivity index (χ3v) is 3.99. The molecular formula is C18H23N3S. The van der Waals surface area contributed by atoms with Crippen molar-refractivity contribution in [3.05, 3.63) is 49.1 Å². The number of H-pyrrole nitrogens is 1. The van der Waals surface area contributed by atoms with Crippen LogP contribution in [-0.2, 0) is 0 Å². The van der Waals surface area contributed by atoms with Crippen LogP contribution in [0.4, 0.5) is 5.95 Å². The molecule has 1 aromatic heterocycles. The van der Waals surface area contributed by atoms with Gasteiger partial charge in [-0.2, -0.15) is 0 Å². The number of anilines is 1. The molecule has 0 bridgehead atoms. The zero-order valence-corrected chi connectivity index (χ0v) is 13.8. The van der Waals surface area contributed by atoms with Gasteiger partial charge in [0.1, 0.15) is 0 Å². The average molecular weight is 313 g/mol. The summed E-state index contributed by atoms with van der Waals surface area (Å²) in [5.74, 6) is 1.28. The van der Waals surface area contributed by atoms with Gasteiger partial charge in [0.2, 0.25) is 5.95 Å². The molecule has 4 heteroatoms. The second kappa shape index (κ2) is 8.49. The molecule has 1 atom stereocenters. The molecule has 0 aliphatic heterocycles. The van der Waals surface area contributed by atoms with E-state index >= 15 is 0 Å². The van der Waals surface area contributed by atoms with E-state index < -0.39 is 0 Å². The van der Waals surface area contributed by atoms with E-state index in [2.05, 4.69) is 34.0 Å². The van der Waals surface area contributed by atoms with Crippen molar-refractivity contribution in [1.82, 2.24) is 9.97 Å². The summed E-state index contributed by atoms with van der Waals surface area (Å²) in [7, 11) is 0. The SMILES string of the molecule is C=CC(C/C=C\C)CCC(=S)CNc1nc2ccccc2[nH]1. The van der Waals surface area contributed by atoms with Crippen molar-refractivity contribution in [1.29, 1.82) is 0 Å². The molecule has 0 radical (unpaired) electrons. The molecule has 22 heavy (non-hydrogen) atoms. The third-order valence-electron chi connectivity index (χ3n) is 3.64. The maximum absolute atomic E-state index is 5.46. The first-order valence-electron chi connectivity index (χ1n) is 7.67. The zero-order chi connectivity index (χ0) is 15.8.